The highest BCUT2D eigenvalue weighted by Gasteiger charge is 2.19. The van der Waals surface area contributed by atoms with Gasteiger partial charge in [0.2, 0.25) is 0 Å². The molecule has 2 aliphatic rings. The van der Waals surface area contributed by atoms with Crippen LogP contribution in [0.15, 0.2) is 146 Å². The Hall–Kier alpha value is -5.08. The Bertz CT molecular complexity index is 2070. The van der Waals surface area contributed by atoms with E-state index in [9.17, 15) is 0 Å². The Labute approximate surface area is 259 Å². The summed E-state index contributed by atoms with van der Waals surface area (Å²) in [5.41, 5.74) is 12.6. The predicted molar refractivity (Wildman–Crippen MR) is 189 cm³/mol. The van der Waals surface area contributed by atoms with Crippen LogP contribution in [0.5, 0.6) is 0 Å². The van der Waals surface area contributed by atoms with E-state index in [1.54, 1.807) is 0 Å². The Morgan fingerprint density at radius 1 is 0.545 bits per heavy atom. The quantitative estimate of drug-likeness (QED) is 0.211. The van der Waals surface area contributed by atoms with Crippen LogP contribution in [0, 0.1) is 0 Å². The van der Waals surface area contributed by atoms with E-state index in [-0.39, 0.29) is 0 Å². The number of allylic oxidation sites excluding steroid dienone is 5. The van der Waals surface area contributed by atoms with Gasteiger partial charge in [-0.15, -0.1) is 0 Å². The first-order valence-corrected chi connectivity index (χ1v) is 15.9. The van der Waals surface area contributed by atoms with Gasteiger partial charge in [-0.05, 0) is 108 Å². The molecule has 0 fully saturated rings. The van der Waals surface area contributed by atoms with E-state index < -0.39 is 0 Å². The number of nitrogens with one attached hydrogen (secondary N) is 1. The minimum atomic E-state index is 0.321. The molecule has 0 radical (unpaired) electrons. The number of hydrogen-bond donors (Lipinski definition) is 1. The van der Waals surface area contributed by atoms with Gasteiger partial charge in [0.25, 0.3) is 0 Å². The number of para-hydroxylation sites is 1. The second-order valence-corrected chi connectivity index (χ2v) is 12.0. The van der Waals surface area contributed by atoms with Crippen molar-refractivity contribution in [1.29, 1.82) is 0 Å². The molecule has 214 valence electrons. The van der Waals surface area contributed by atoms with Crippen molar-refractivity contribution >= 4 is 38.8 Å². The first kappa shape index (κ1) is 26.5. The lowest BCUT2D eigenvalue weighted by Crippen LogP contribution is -2.23. The number of benzene rings is 5. The lowest BCUT2D eigenvalue weighted by molar-refractivity contribution is 0.687. The number of hydrogen-bond acceptors (Lipinski definition) is 1. The van der Waals surface area contributed by atoms with Crippen LogP contribution in [0.25, 0.3) is 55.3 Å². The van der Waals surface area contributed by atoms with E-state index in [1.165, 1.54) is 73.0 Å². The monoisotopic (exact) mass is 568 g/mol. The Morgan fingerprint density at radius 3 is 2.11 bits per heavy atom. The zero-order valence-electron chi connectivity index (χ0n) is 24.9. The largest absolute Gasteiger partial charge is 0.378 e. The van der Waals surface area contributed by atoms with Gasteiger partial charge in [-0.25, -0.2) is 0 Å². The fraction of sp³-hybridized carbons (Fsp3) is 0.143. The van der Waals surface area contributed by atoms with Gasteiger partial charge in [0, 0.05) is 22.2 Å². The summed E-state index contributed by atoms with van der Waals surface area (Å²) < 4.78 is 2.42. The maximum atomic E-state index is 3.87. The van der Waals surface area contributed by atoms with Gasteiger partial charge in [0.05, 0.1) is 17.1 Å². The molecule has 0 saturated carbocycles. The van der Waals surface area contributed by atoms with Gasteiger partial charge >= 0.3 is 0 Å². The summed E-state index contributed by atoms with van der Waals surface area (Å²) in [6.07, 6.45) is 15.0. The SMILES string of the molecule is C1=CC(n2c3ccccc3c3cc(-c4cccc(-c5cccc(NC6CCCC=C6c6ccccc6)c5)c4)ccc32)=CCC1. The van der Waals surface area contributed by atoms with Crippen LogP contribution in [0.3, 0.4) is 0 Å². The molecule has 1 heterocycles. The highest BCUT2D eigenvalue weighted by molar-refractivity contribution is 6.11. The van der Waals surface area contributed by atoms with Crippen LogP contribution in [0.2, 0.25) is 0 Å². The fourth-order valence-corrected chi connectivity index (χ4v) is 7.04. The molecular formula is C42H36N2. The number of anilines is 1. The number of aromatic nitrogens is 1. The molecule has 1 unspecified atom stereocenters. The van der Waals surface area contributed by atoms with Crippen molar-refractivity contribution < 1.29 is 0 Å². The summed E-state index contributed by atoms with van der Waals surface area (Å²) in [4.78, 5) is 0. The van der Waals surface area contributed by atoms with Gasteiger partial charge in [0.15, 0.2) is 0 Å². The molecule has 44 heavy (non-hydrogen) atoms. The molecule has 0 amide bonds. The first-order valence-electron chi connectivity index (χ1n) is 15.9. The fourth-order valence-electron chi connectivity index (χ4n) is 7.04. The zero-order valence-corrected chi connectivity index (χ0v) is 24.9. The lowest BCUT2D eigenvalue weighted by atomic mass is 9.89. The molecular weight excluding hydrogens is 532 g/mol. The van der Waals surface area contributed by atoms with Gasteiger partial charge in [-0.2, -0.15) is 0 Å². The summed E-state index contributed by atoms with van der Waals surface area (Å²) in [6.45, 7) is 0. The van der Waals surface area contributed by atoms with Crippen molar-refractivity contribution in [3.05, 3.63) is 151 Å². The molecule has 1 aromatic heterocycles. The topological polar surface area (TPSA) is 17.0 Å². The maximum Gasteiger partial charge on any atom is 0.0541 e. The van der Waals surface area contributed by atoms with Crippen molar-refractivity contribution in [2.45, 2.75) is 38.1 Å². The number of nitrogens with zero attached hydrogens (tertiary/aromatic N) is 1. The molecule has 0 bridgehead atoms. The highest BCUT2D eigenvalue weighted by Crippen LogP contribution is 2.37. The van der Waals surface area contributed by atoms with E-state index in [2.05, 4.69) is 156 Å². The highest BCUT2D eigenvalue weighted by atomic mass is 15.0. The predicted octanol–water partition coefficient (Wildman–Crippen LogP) is 11.4. The third-order valence-electron chi connectivity index (χ3n) is 9.18. The molecule has 6 aromatic rings. The molecule has 2 heteroatoms. The number of fused-ring (bicyclic) bond motifs is 3. The van der Waals surface area contributed by atoms with Crippen LogP contribution in [0.1, 0.15) is 37.7 Å². The summed E-state index contributed by atoms with van der Waals surface area (Å²) in [5, 5.41) is 6.47. The molecule has 2 nitrogen and oxygen atoms in total. The van der Waals surface area contributed by atoms with E-state index >= 15 is 0 Å². The minimum Gasteiger partial charge on any atom is -0.378 e. The standard InChI is InChI=1S/C42H36N2/c1-3-13-30(14-4-1)37-21-7-9-23-40(37)43-35-18-12-17-33(28-35)31-15-11-16-32(27-31)34-25-26-42-39(29-34)38-22-8-10-24-41(38)44(42)36-19-5-2-6-20-36/h1,3-5,8,10-22,24-29,40,43H,2,6-7,9,23H2. The van der Waals surface area contributed by atoms with Crippen LogP contribution in [-0.4, -0.2) is 10.6 Å². The van der Waals surface area contributed by atoms with E-state index in [0.717, 1.165) is 25.7 Å². The molecule has 1 N–H and O–H groups in total. The van der Waals surface area contributed by atoms with Crippen molar-refractivity contribution in [2.75, 3.05) is 5.32 Å². The normalized spacial score (nSPS) is 16.6. The third kappa shape index (κ3) is 4.97. The van der Waals surface area contributed by atoms with E-state index in [1.807, 2.05) is 0 Å². The zero-order chi connectivity index (χ0) is 29.3. The summed E-state index contributed by atoms with van der Waals surface area (Å²) >= 11 is 0. The van der Waals surface area contributed by atoms with Crippen molar-refractivity contribution in [1.82, 2.24) is 4.57 Å². The van der Waals surface area contributed by atoms with Crippen molar-refractivity contribution in [2.24, 2.45) is 0 Å². The molecule has 8 rings (SSSR count). The minimum absolute atomic E-state index is 0.321. The third-order valence-corrected chi connectivity index (χ3v) is 9.18. The Balaban J connectivity index is 1.12. The average molecular weight is 569 g/mol. The van der Waals surface area contributed by atoms with E-state index in [0.29, 0.717) is 6.04 Å². The second-order valence-electron chi connectivity index (χ2n) is 12.0. The number of rotatable bonds is 6. The first-order chi connectivity index (χ1) is 21.8. The maximum absolute atomic E-state index is 3.87. The van der Waals surface area contributed by atoms with E-state index in [4.69, 9.17) is 0 Å². The lowest BCUT2D eigenvalue weighted by Gasteiger charge is -2.27. The average Bonchev–Trinajstić information content (AvgIpc) is 3.43. The van der Waals surface area contributed by atoms with Crippen LogP contribution < -0.4 is 5.32 Å². The second kappa shape index (κ2) is 11.5. The molecule has 2 aliphatic carbocycles. The van der Waals surface area contributed by atoms with Crippen LogP contribution >= 0.6 is 0 Å². The van der Waals surface area contributed by atoms with Crippen molar-refractivity contribution in [3.8, 4) is 22.3 Å². The molecule has 0 aliphatic heterocycles. The Kier molecular flexibility index (Phi) is 6.96. The summed E-state index contributed by atoms with van der Waals surface area (Å²) in [5.74, 6) is 0. The van der Waals surface area contributed by atoms with Gasteiger partial charge in [-0.3, -0.25) is 0 Å². The van der Waals surface area contributed by atoms with Gasteiger partial charge in [-0.1, -0.05) is 103 Å². The molecule has 0 spiro atoms. The van der Waals surface area contributed by atoms with Crippen LogP contribution in [0.4, 0.5) is 5.69 Å². The molecule has 0 saturated heterocycles. The summed E-state index contributed by atoms with van der Waals surface area (Å²) in [7, 11) is 0. The molecule has 5 aromatic carbocycles. The summed E-state index contributed by atoms with van der Waals surface area (Å²) in [6, 6.07) is 44.8. The molecule has 1 atom stereocenters. The van der Waals surface area contributed by atoms with Crippen molar-refractivity contribution in [3.63, 3.8) is 0 Å². The smallest absolute Gasteiger partial charge is 0.0541 e. The Morgan fingerprint density at radius 2 is 1.27 bits per heavy atom. The van der Waals surface area contributed by atoms with Gasteiger partial charge in [0.1, 0.15) is 0 Å². The van der Waals surface area contributed by atoms with Gasteiger partial charge < -0.3 is 9.88 Å². The van der Waals surface area contributed by atoms with Crippen LogP contribution in [-0.2, 0) is 0 Å².